The van der Waals surface area contributed by atoms with Crippen molar-refractivity contribution in [3.05, 3.63) is 225 Å². The lowest BCUT2D eigenvalue weighted by Gasteiger charge is -2.32. The van der Waals surface area contributed by atoms with E-state index >= 15 is 0 Å². The van der Waals surface area contributed by atoms with E-state index in [1.807, 2.05) is 45.9 Å². The second-order valence-corrected chi connectivity index (χ2v) is 22.3. The standard InChI is InChI=1S/C20H16ClF2N3O2.C19H15ClF2N2O.C16H13ClF2O4.C11H17BN2O2.2CH4.2ClH/c21-15-3-1-2-14(10-15)16-9-12(4-6-17(16)28-19(22)23)8-13-5-7-18(25-11-13)26-20(24)27;20-15-3-1-2-14(10-15)16-9-12(4-6-17(16)25-19(21)22)8-13-5-7-18(23)24-11-13;1-21-16(20)22-9-10-5-6-14(23-15(18)19)13(7-10)11-3-2-4-12(17)8-11;1-10(2)11(3,4)16-12(15-10)8-5-6-9(13)14-7-8;;;;/h1-7,9-11,19H,8H2,(H3,24,25,26,27);1-7,9-11,19H,8H2,(H2,23,24);2-8,15H,9H2,1H3;5-7H,1-4H3,(H2,13,14);2*1H4;2*1H. The van der Waals surface area contributed by atoms with E-state index in [1.165, 1.54) is 25.3 Å². The number of halogens is 11. The van der Waals surface area contributed by atoms with E-state index in [9.17, 15) is 35.9 Å². The van der Waals surface area contributed by atoms with Crippen molar-refractivity contribution in [1.29, 1.82) is 0 Å². The molecule has 7 N–H and O–H groups in total. The maximum Gasteiger partial charge on any atom is 0.508 e. The largest absolute Gasteiger partial charge is 0.508 e. The molecule has 0 bridgehead atoms. The molecule has 1 aliphatic rings. The number of amides is 2. The number of pyridine rings is 3. The van der Waals surface area contributed by atoms with E-state index < -0.39 is 32.0 Å². The Hall–Kier alpha value is -8.68. The maximum atomic E-state index is 12.8. The Balaban J connectivity index is 0.000000334. The molecule has 10 rings (SSSR count). The van der Waals surface area contributed by atoms with Gasteiger partial charge in [0, 0.05) is 55.8 Å². The molecule has 0 atom stereocenters. The van der Waals surface area contributed by atoms with Gasteiger partial charge in [-0.3, -0.25) is 5.32 Å². The van der Waals surface area contributed by atoms with Gasteiger partial charge in [0.25, 0.3) is 0 Å². The van der Waals surface area contributed by atoms with Crippen LogP contribution in [-0.4, -0.2) is 72.4 Å². The molecule has 0 saturated carbocycles. The number of nitrogen functional groups attached to an aromatic ring is 2. The number of alkyl halides is 6. The third-order valence-electron chi connectivity index (χ3n) is 13.8. The highest BCUT2D eigenvalue weighted by Crippen LogP contribution is 2.39. The zero-order valence-electron chi connectivity index (χ0n) is 50.7. The van der Waals surface area contributed by atoms with Crippen molar-refractivity contribution in [2.24, 2.45) is 5.73 Å². The minimum absolute atomic E-state index is 0. The predicted octanol–water partition coefficient (Wildman–Crippen LogP) is 18.2. The topological polar surface area (TPSA) is 228 Å². The lowest BCUT2D eigenvalue weighted by atomic mass is 9.80. The second kappa shape index (κ2) is 38.2. The van der Waals surface area contributed by atoms with Crippen molar-refractivity contribution in [3.8, 4) is 50.6 Å². The highest BCUT2D eigenvalue weighted by molar-refractivity contribution is 6.62. The molecule has 0 spiro atoms. The fraction of sp³-hybridized carbons (Fsp3) is 0.221. The van der Waals surface area contributed by atoms with Crippen molar-refractivity contribution < 1.29 is 68.9 Å². The van der Waals surface area contributed by atoms with Crippen molar-refractivity contribution >= 4 is 102 Å². The van der Waals surface area contributed by atoms with E-state index in [1.54, 1.807) is 146 Å². The minimum Gasteiger partial charge on any atom is -0.438 e. The molecular formula is C68H71BCl5F6N7O9. The van der Waals surface area contributed by atoms with Crippen LogP contribution in [0.15, 0.2) is 182 Å². The number of hydrogen-bond donors (Lipinski definition) is 4. The molecule has 6 aromatic carbocycles. The van der Waals surface area contributed by atoms with Crippen molar-refractivity contribution in [2.45, 2.75) is 93.0 Å². The number of primary amides is 1. The first-order valence-corrected chi connectivity index (χ1v) is 28.9. The molecule has 4 heterocycles. The molecule has 96 heavy (non-hydrogen) atoms. The lowest BCUT2D eigenvalue weighted by Crippen LogP contribution is -2.41. The van der Waals surface area contributed by atoms with Gasteiger partial charge in [0.15, 0.2) is 0 Å². The summed E-state index contributed by atoms with van der Waals surface area (Å²) in [6.07, 6.45) is 5.26. The first-order valence-electron chi connectivity index (χ1n) is 27.7. The summed E-state index contributed by atoms with van der Waals surface area (Å²) in [5.41, 5.74) is 24.1. The van der Waals surface area contributed by atoms with Gasteiger partial charge < -0.3 is 50.2 Å². The predicted molar refractivity (Wildman–Crippen MR) is 372 cm³/mol. The van der Waals surface area contributed by atoms with Crippen LogP contribution in [-0.2, 0) is 38.2 Å². The van der Waals surface area contributed by atoms with E-state index in [4.69, 9.17) is 66.0 Å². The summed E-state index contributed by atoms with van der Waals surface area (Å²) in [6.45, 7) is -0.742. The second-order valence-electron chi connectivity index (χ2n) is 21.0. The van der Waals surface area contributed by atoms with Crippen molar-refractivity contribution in [3.63, 3.8) is 0 Å². The monoisotopic (exact) mass is 1430 g/mol. The number of anilines is 3. The fourth-order valence-electron chi connectivity index (χ4n) is 8.76. The molecule has 28 heteroatoms. The Bertz CT molecular complexity index is 3920. The number of ether oxygens (including phenoxy) is 5. The summed E-state index contributed by atoms with van der Waals surface area (Å²) in [5, 5.41) is 3.86. The van der Waals surface area contributed by atoms with Crippen LogP contribution in [0, 0.1) is 0 Å². The Morgan fingerprint density at radius 2 is 0.896 bits per heavy atom. The summed E-state index contributed by atoms with van der Waals surface area (Å²) >= 11 is 18.0. The van der Waals surface area contributed by atoms with Crippen LogP contribution in [0.1, 0.15) is 70.4 Å². The molecule has 512 valence electrons. The molecule has 1 saturated heterocycles. The molecule has 1 aliphatic heterocycles. The van der Waals surface area contributed by atoms with E-state index in [0.29, 0.717) is 84.3 Å². The highest BCUT2D eigenvalue weighted by Gasteiger charge is 2.51. The number of benzene rings is 6. The van der Waals surface area contributed by atoms with Crippen LogP contribution in [0.25, 0.3) is 33.4 Å². The van der Waals surface area contributed by atoms with Crippen molar-refractivity contribution in [1.82, 2.24) is 15.0 Å². The lowest BCUT2D eigenvalue weighted by molar-refractivity contribution is -0.0501. The van der Waals surface area contributed by atoms with Crippen LogP contribution in [0.4, 0.5) is 53.4 Å². The Morgan fingerprint density at radius 3 is 1.24 bits per heavy atom. The Kier molecular flexibility index (Phi) is 32.4. The maximum absolute atomic E-state index is 12.8. The van der Waals surface area contributed by atoms with E-state index in [0.717, 1.165) is 27.7 Å². The van der Waals surface area contributed by atoms with Crippen LogP contribution in [0.3, 0.4) is 0 Å². The van der Waals surface area contributed by atoms with Gasteiger partial charge in [-0.25, -0.2) is 24.5 Å². The third-order valence-corrected chi connectivity index (χ3v) is 14.5. The fourth-order valence-corrected chi connectivity index (χ4v) is 9.33. The molecule has 0 aliphatic carbocycles. The number of hydrogen-bond acceptors (Lipinski definition) is 14. The van der Waals surface area contributed by atoms with Gasteiger partial charge in [0.05, 0.1) is 18.3 Å². The average Bonchev–Trinajstić information content (AvgIpc) is 1.70. The van der Waals surface area contributed by atoms with Crippen LogP contribution >= 0.6 is 59.6 Å². The highest BCUT2D eigenvalue weighted by atomic mass is 35.5. The summed E-state index contributed by atoms with van der Waals surface area (Å²) in [7, 11) is 0.831. The number of carbonyl (C=O) groups excluding carboxylic acids is 2. The van der Waals surface area contributed by atoms with Gasteiger partial charge in [0.2, 0.25) is 0 Å². The average molecular weight is 1430 g/mol. The number of carbonyl (C=O) groups is 2. The number of urea groups is 1. The number of nitrogens with two attached hydrogens (primary N) is 3. The molecule has 16 nitrogen and oxygen atoms in total. The normalized spacial score (nSPS) is 12.2. The first-order chi connectivity index (χ1) is 43.7. The Morgan fingerprint density at radius 1 is 0.521 bits per heavy atom. The smallest absolute Gasteiger partial charge is 0.438 e. The molecule has 2 amide bonds. The van der Waals surface area contributed by atoms with Crippen LogP contribution in [0.5, 0.6) is 17.2 Å². The number of nitrogens with zero attached hydrogens (tertiary/aromatic N) is 3. The van der Waals surface area contributed by atoms with E-state index in [2.05, 4.69) is 39.2 Å². The number of nitrogens with one attached hydrogen (secondary N) is 1. The molecule has 0 radical (unpaired) electrons. The quantitative estimate of drug-likeness (QED) is 0.0378. The summed E-state index contributed by atoms with van der Waals surface area (Å²) in [5.74, 6) is 1.47. The number of aromatic nitrogens is 3. The molecule has 1 fully saturated rings. The summed E-state index contributed by atoms with van der Waals surface area (Å²) in [4.78, 5) is 34.1. The third kappa shape index (κ3) is 24.8. The van der Waals surface area contributed by atoms with Crippen LogP contribution < -0.4 is 42.2 Å². The Labute approximate surface area is 581 Å². The minimum atomic E-state index is -2.95. The number of methoxy groups -OCH3 is 1. The van der Waals surface area contributed by atoms with E-state index in [-0.39, 0.29) is 81.8 Å². The zero-order valence-corrected chi connectivity index (χ0v) is 54.6. The van der Waals surface area contributed by atoms with Crippen LogP contribution in [0.2, 0.25) is 15.1 Å². The van der Waals surface area contributed by atoms with Crippen molar-refractivity contribution in [2.75, 3.05) is 23.9 Å². The van der Waals surface area contributed by atoms with Gasteiger partial charge in [0.1, 0.15) is 41.3 Å². The van der Waals surface area contributed by atoms with Gasteiger partial charge in [-0.15, -0.1) is 24.8 Å². The molecule has 0 unspecified atom stereocenters. The SMILES string of the molecule is C.C.CC1(C)OB(c2ccc(N)nc2)OC1(C)C.COC(=O)OCc1ccc(OC(F)F)c(-c2cccc(Cl)c2)c1.Cl.Cl.NC(=O)Nc1ccc(Cc2ccc(OC(F)F)c(-c3cccc(Cl)c3)c2)cn1.Nc1ccc(Cc2ccc(OC(F)F)c(-c3cccc(Cl)c3)c2)cn1. The van der Waals surface area contributed by atoms with Gasteiger partial charge in [-0.2, -0.15) is 26.3 Å². The number of rotatable bonds is 17. The summed E-state index contributed by atoms with van der Waals surface area (Å²) < 4.78 is 111. The molecule has 9 aromatic rings. The summed E-state index contributed by atoms with van der Waals surface area (Å²) in [6, 6.07) is 45.2. The van der Waals surface area contributed by atoms with Gasteiger partial charge in [-0.1, -0.05) is 122 Å². The first kappa shape index (κ1) is 81.6. The van der Waals surface area contributed by atoms with Gasteiger partial charge >= 0.3 is 39.1 Å². The zero-order chi connectivity index (χ0) is 66.7. The molecule has 3 aromatic heterocycles. The molecular weight excluding hydrogens is 1360 g/mol. The van der Waals surface area contributed by atoms with Gasteiger partial charge in [-0.05, 0) is 176 Å².